The summed E-state index contributed by atoms with van der Waals surface area (Å²) in [7, 11) is -4.23. The zero-order valence-corrected chi connectivity index (χ0v) is 16.0. The van der Waals surface area contributed by atoms with Crippen LogP contribution in [0.3, 0.4) is 0 Å². The van der Waals surface area contributed by atoms with E-state index in [0.717, 1.165) is 13.0 Å². The fourth-order valence-electron chi connectivity index (χ4n) is 2.14. The minimum atomic E-state index is -4.82. The van der Waals surface area contributed by atoms with E-state index in [1.807, 2.05) is 4.72 Å². The summed E-state index contributed by atoms with van der Waals surface area (Å²) in [4.78, 5) is 10.9. The maximum atomic E-state index is 13.3. The lowest BCUT2D eigenvalue weighted by Crippen LogP contribution is -2.18. The van der Waals surface area contributed by atoms with Crippen LogP contribution in [0, 0.1) is 6.92 Å². The zero-order valence-electron chi connectivity index (χ0n) is 13.6. The molecule has 5 nitrogen and oxygen atoms in total. The molecule has 0 aromatic heterocycles. The van der Waals surface area contributed by atoms with Crippen LogP contribution in [0.2, 0.25) is 0 Å². The molecular weight excluding hydrogens is 437 g/mol. The van der Waals surface area contributed by atoms with Gasteiger partial charge in [-0.25, -0.2) is 8.42 Å². The predicted molar refractivity (Wildman–Crippen MR) is 95.4 cm³/mol. The molecule has 1 amide bonds. The van der Waals surface area contributed by atoms with Crippen molar-refractivity contribution in [1.82, 2.24) is 0 Å². The van der Waals surface area contributed by atoms with E-state index < -0.39 is 33.4 Å². The Morgan fingerprint density at radius 2 is 1.77 bits per heavy atom. The van der Waals surface area contributed by atoms with Crippen LogP contribution in [0.1, 0.15) is 18.1 Å². The van der Waals surface area contributed by atoms with Crippen LogP contribution in [-0.4, -0.2) is 14.3 Å². The Bertz CT molecular complexity index is 960. The topological polar surface area (TPSA) is 75.3 Å². The van der Waals surface area contributed by atoms with E-state index in [-0.39, 0.29) is 10.6 Å². The second kappa shape index (κ2) is 7.28. The van der Waals surface area contributed by atoms with Crippen LogP contribution in [0.15, 0.2) is 45.8 Å². The first kappa shape index (κ1) is 20.2. The molecule has 0 saturated heterocycles. The molecule has 0 aliphatic rings. The zero-order chi connectivity index (χ0) is 19.7. The highest BCUT2D eigenvalue weighted by Crippen LogP contribution is 2.37. The third-order valence-electron chi connectivity index (χ3n) is 3.33. The molecule has 140 valence electrons. The summed E-state index contributed by atoms with van der Waals surface area (Å²) in [6.07, 6.45) is -4.82. The Hall–Kier alpha value is -2.07. The van der Waals surface area contributed by atoms with Gasteiger partial charge in [0.15, 0.2) is 0 Å². The van der Waals surface area contributed by atoms with Crippen molar-refractivity contribution in [3.8, 4) is 0 Å². The van der Waals surface area contributed by atoms with Gasteiger partial charge in [0.2, 0.25) is 5.91 Å². The van der Waals surface area contributed by atoms with Crippen molar-refractivity contribution in [2.24, 2.45) is 0 Å². The molecular formula is C16H14BrF3N2O3S. The number of carbonyl (C=O) groups excluding carboxylic acids is 1. The molecule has 0 spiro atoms. The quantitative estimate of drug-likeness (QED) is 0.717. The van der Waals surface area contributed by atoms with Crippen LogP contribution in [0.5, 0.6) is 0 Å². The number of halogens is 4. The number of benzene rings is 2. The Kier molecular flexibility index (Phi) is 5.67. The van der Waals surface area contributed by atoms with Gasteiger partial charge < -0.3 is 5.32 Å². The van der Waals surface area contributed by atoms with Crippen molar-refractivity contribution >= 4 is 43.2 Å². The molecule has 0 aliphatic carbocycles. The average molecular weight is 451 g/mol. The van der Waals surface area contributed by atoms with Crippen LogP contribution < -0.4 is 10.0 Å². The Labute approximate surface area is 156 Å². The maximum absolute atomic E-state index is 13.3. The second-order valence-corrected chi connectivity index (χ2v) is 7.99. The lowest BCUT2D eigenvalue weighted by Gasteiger charge is -2.16. The van der Waals surface area contributed by atoms with E-state index in [2.05, 4.69) is 21.2 Å². The molecule has 0 aliphatic heterocycles. The lowest BCUT2D eigenvalue weighted by atomic mass is 10.1. The summed E-state index contributed by atoms with van der Waals surface area (Å²) in [6, 6.07) is 6.92. The summed E-state index contributed by atoms with van der Waals surface area (Å²) in [5.41, 5.74) is -1.31. The number of sulfonamides is 1. The monoisotopic (exact) mass is 450 g/mol. The summed E-state index contributed by atoms with van der Waals surface area (Å²) < 4.78 is 67.4. The van der Waals surface area contributed by atoms with Gasteiger partial charge in [-0.1, -0.05) is 15.9 Å². The van der Waals surface area contributed by atoms with Crippen molar-refractivity contribution in [2.45, 2.75) is 24.9 Å². The number of anilines is 2. The summed E-state index contributed by atoms with van der Waals surface area (Å²) in [5, 5.41) is 2.23. The molecule has 26 heavy (non-hydrogen) atoms. The number of alkyl halides is 3. The van der Waals surface area contributed by atoms with Crippen LogP contribution in [-0.2, 0) is 21.0 Å². The molecule has 0 unspecified atom stereocenters. The van der Waals surface area contributed by atoms with Gasteiger partial charge in [0, 0.05) is 17.1 Å². The molecule has 0 radical (unpaired) electrons. The van der Waals surface area contributed by atoms with E-state index in [9.17, 15) is 26.4 Å². The van der Waals surface area contributed by atoms with Gasteiger partial charge in [-0.05, 0) is 48.9 Å². The molecule has 0 heterocycles. The van der Waals surface area contributed by atoms with Crippen LogP contribution >= 0.6 is 15.9 Å². The van der Waals surface area contributed by atoms with Crippen molar-refractivity contribution in [3.63, 3.8) is 0 Å². The highest BCUT2D eigenvalue weighted by atomic mass is 79.9. The third-order valence-corrected chi connectivity index (χ3v) is 5.58. The predicted octanol–water partition coefficient (Wildman–Crippen LogP) is 4.54. The Balaban J connectivity index is 2.47. The molecule has 2 aromatic rings. The first-order chi connectivity index (χ1) is 11.9. The van der Waals surface area contributed by atoms with E-state index in [4.69, 9.17) is 0 Å². The fraction of sp³-hybridized carbons (Fsp3) is 0.188. The molecule has 0 fully saturated rings. The van der Waals surface area contributed by atoms with Gasteiger partial charge in [-0.3, -0.25) is 9.52 Å². The number of nitrogens with one attached hydrogen (secondary N) is 2. The first-order valence-electron chi connectivity index (χ1n) is 7.18. The largest absolute Gasteiger partial charge is 0.418 e. The molecule has 0 atom stereocenters. The van der Waals surface area contributed by atoms with Gasteiger partial charge in [0.1, 0.15) is 0 Å². The summed E-state index contributed by atoms with van der Waals surface area (Å²) in [5.74, 6) is -0.545. The molecule has 0 bridgehead atoms. The van der Waals surface area contributed by atoms with Crippen molar-refractivity contribution in [3.05, 3.63) is 52.0 Å². The maximum Gasteiger partial charge on any atom is 0.418 e. The van der Waals surface area contributed by atoms with Crippen molar-refractivity contribution < 1.29 is 26.4 Å². The van der Waals surface area contributed by atoms with E-state index in [1.165, 1.54) is 24.3 Å². The minimum absolute atomic E-state index is 0.0905. The van der Waals surface area contributed by atoms with E-state index >= 15 is 0 Å². The Morgan fingerprint density at radius 3 is 2.31 bits per heavy atom. The minimum Gasteiger partial charge on any atom is -0.326 e. The van der Waals surface area contributed by atoms with Gasteiger partial charge in [-0.15, -0.1) is 0 Å². The summed E-state index contributed by atoms with van der Waals surface area (Å²) in [6.45, 7) is 2.81. The van der Waals surface area contributed by atoms with Gasteiger partial charge >= 0.3 is 6.18 Å². The molecule has 2 aromatic carbocycles. The summed E-state index contributed by atoms with van der Waals surface area (Å²) >= 11 is 3.23. The van der Waals surface area contributed by atoms with Gasteiger partial charge in [-0.2, -0.15) is 13.2 Å². The standard InChI is InChI=1S/C16H14BrF3N2O3S/c1-9-7-12(4-5-14(9)17)26(24,25)22-15-6-3-11(21-10(2)23)8-13(15)16(18,19)20/h3-8,22H,1-2H3,(H,21,23). The number of hydrogen-bond acceptors (Lipinski definition) is 3. The van der Waals surface area contributed by atoms with Crippen molar-refractivity contribution in [1.29, 1.82) is 0 Å². The van der Waals surface area contributed by atoms with Crippen LogP contribution in [0.25, 0.3) is 0 Å². The number of carbonyl (C=O) groups is 1. The average Bonchev–Trinajstić information content (AvgIpc) is 2.49. The number of amides is 1. The SMILES string of the molecule is CC(=O)Nc1ccc(NS(=O)(=O)c2ccc(Br)c(C)c2)c(C(F)(F)F)c1. The van der Waals surface area contributed by atoms with E-state index in [1.54, 1.807) is 6.92 Å². The molecule has 10 heteroatoms. The molecule has 2 N–H and O–H groups in total. The van der Waals surface area contributed by atoms with Crippen molar-refractivity contribution in [2.75, 3.05) is 10.0 Å². The number of rotatable bonds is 4. The number of aryl methyl sites for hydroxylation is 1. The highest BCUT2D eigenvalue weighted by Gasteiger charge is 2.35. The Morgan fingerprint density at radius 1 is 1.12 bits per heavy atom. The first-order valence-corrected chi connectivity index (χ1v) is 9.45. The van der Waals surface area contributed by atoms with Gasteiger partial charge in [0.25, 0.3) is 10.0 Å². The second-order valence-electron chi connectivity index (χ2n) is 5.46. The normalized spacial score (nSPS) is 11.9. The smallest absolute Gasteiger partial charge is 0.326 e. The molecule has 0 saturated carbocycles. The van der Waals surface area contributed by atoms with Gasteiger partial charge in [0.05, 0.1) is 16.1 Å². The lowest BCUT2D eigenvalue weighted by molar-refractivity contribution is -0.136. The van der Waals surface area contributed by atoms with Crippen LogP contribution in [0.4, 0.5) is 24.5 Å². The third kappa shape index (κ3) is 4.76. The van der Waals surface area contributed by atoms with E-state index in [0.29, 0.717) is 16.1 Å². The highest BCUT2D eigenvalue weighted by molar-refractivity contribution is 9.10. The molecule has 2 rings (SSSR count). The number of hydrogen-bond donors (Lipinski definition) is 2. The fourth-order valence-corrected chi connectivity index (χ4v) is 3.55.